The number of benzene rings is 3. The molecule has 3 unspecified atom stereocenters. The molecule has 0 radical (unpaired) electrons. The Morgan fingerprint density at radius 3 is 2.23 bits per heavy atom. The number of nitrogens with zero attached hydrogens (tertiary/aromatic N) is 1. The molecule has 0 aromatic heterocycles. The summed E-state index contributed by atoms with van der Waals surface area (Å²) in [6.45, 7) is 6.96. The smallest absolute Gasteiger partial charge is 0.118 e. The number of hydrogen-bond acceptors (Lipinski definition) is 2. The number of methoxy groups -OCH3 is 1. The van der Waals surface area contributed by atoms with Crippen LogP contribution in [0.15, 0.2) is 72.8 Å². The molecule has 0 N–H and O–H groups in total. The van der Waals surface area contributed by atoms with Gasteiger partial charge in [0.2, 0.25) is 0 Å². The van der Waals surface area contributed by atoms with E-state index in [1.807, 2.05) is 12.1 Å². The van der Waals surface area contributed by atoms with Crippen molar-refractivity contribution in [3.63, 3.8) is 0 Å². The van der Waals surface area contributed by atoms with Crippen LogP contribution in [0.5, 0.6) is 5.75 Å². The highest BCUT2D eigenvalue weighted by Gasteiger charge is 2.35. The first-order chi connectivity index (χ1) is 14.6. The zero-order valence-corrected chi connectivity index (χ0v) is 18.6. The molecule has 3 aromatic rings. The molecule has 30 heavy (non-hydrogen) atoms. The van der Waals surface area contributed by atoms with Crippen molar-refractivity contribution in [1.29, 1.82) is 0 Å². The highest BCUT2D eigenvalue weighted by molar-refractivity contribution is 5.66. The fraction of sp³-hybridized carbons (Fsp3) is 0.357. The molecule has 0 spiro atoms. The molecule has 4 rings (SSSR count). The number of fused-ring (bicyclic) bond motifs is 1. The molecule has 3 atom stereocenters. The van der Waals surface area contributed by atoms with Gasteiger partial charge in [0.1, 0.15) is 5.75 Å². The predicted octanol–water partition coefficient (Wildman–Crippen LogP) is 6.72. The second-order valence-electron chi connectivity index (χ2n) is 8.84. The summed E-state index contributed by atoms with van der Waals surface area (Å²) >= 11 is 0. The lowest BCUT2D eigenvalue weighted by Crippen LogP contribution is -2.22. The quantitative estimate of drug-likeness (QED) is 0.437. The van der Waals surface area contributed by atoms with Gasteiger partial charge >= 0.3 is 0 Å². The Kier molecular flexibility index (Phi) is 6.24. The van der Waals surface area contributed by atoms with Crippen molar-refractivity contribution >= 4 is 0 Å². The Labute approximate surface area is 181 Å². The van der Waals surface area contributed by atoms with Crippen molar-refractivity contribution in [1.82, 2.24) is 4.90 Å². The molecule has 0 fully saturated rings. The van der Waals surface area contributed by atoms with Gasteiger partial charge in [-0.05, 0) is 77.7 Å². The summed E-state index contributed by atoms with van der Waals surface area (Å²) < 4.78 is 5.30. The van der Waals surface area contributed by atoms with Gasteiger partial charge in [0.25, 0.3) is 0 Å². The fourth-order valence-corrected chi connectivity index (χ4v) is 4.94. The van der Waals surface area contributed by atoms with E-state index in [-0.39, 0.29) is 0 Å². The van der Waals surface area contributed by atoms with E-state index in [1.165, 1.54) is 28.7 Å². The normalized spacial score (nSPS) is 20.4. The average Bonchev–Trinajstić information content (AvgIpc) is 3.02. The molecule has 0 heterocycles. The molecule has 1 aliphatic rings. The van der Waals surface area contributed by atoms with E-state index in [1.54, 1.807) is 12.7 Å². The minimum atomic E-state index is 0.600. The zero-order valence-electron chi connectivity index (χ0n) is 18.6. The van der Waals surface area contributed by atoms with Crippen molar-refractivity contribution in [3.8, 4) is 16.9 Å². The summed E-state index contributed by atoms with van der Waals surface area (Å²) in [7, 11) is 3.95. The zero-order chi connectivity index (χ0) is 21.1. The van der Waals surface area contributed by atoms with E-state index in [0.29, 0.717) is 17.8 Å². The van der Waals surface area contributed by atoms with E-state index >= 15 is 0 Å². The summed E-state index contributed by atoms with van der Waals surface area (Å²) in [6.07, 6.45) is 1.21. The molecule has 3 aromatic carbocycles. The molecule has 0 saturated heterocycles. The SMILES string of the molecule is COc1ccc(-c2ccc3c(c2)C(C)C(C)C3CCN(C)Cc2ccccc2)cc1. The summed E-state index contributed by atoms with van der Waals surface area (Å²) in [6, 6.07) is 26.3. The van der Waals surface area contributed by atoms with Gasteiger partial charge in [-0.15, -0.1) is 0 Å². The van der Waals surface area contributed by atoms with Crippen LogP contribution < -0.4 is 4.74 Å². The van der Waals surface area contributed by atoms with Crippen LogP contribution in [0.25, 0.3) is 11.1 Å². The lowest BCUT2D eigenvalue weighted by Gasteiger charge is -2.23. The maximum absolute atomic E-state index is 5.30. The number of ether oxygens (including phenoxy) is 1. The van der Waals surface area contributed by atoms with Crippen molar-refractivity contribution in [3.05, 3.63) is 89.5 Å². The van der Waals surface area contributed by atoms with Gasteiger partial charge in [0.15, 0.2) is 0 Å². The van der Waals surface area contributed by atoms with Crippen molar-refractivity contribution in [2.45, 2.75) is 38.6 Å². The lowest BCUT2D eigenvalue weighted by atomic mass is 9.87. The van der Waals surface area contributed by atoms with Crippen LogP contribution in [-0.4, -0.2) is 25.6 Å². The minimum Gasteiger partial charge on any atom is -0.497 e. The number of rotatable bonds is 7. The van der Waals surface area contributed by atoms with Crippen LogP contribution in [0.3, 0.4) is 0 Å². The van der Waals surface area contributed by atoms with Gasteiger partial charge in [0.05, 0.1) is 7.11 Å². The maximum Gasteiger partial charge on any atom is 0.118 e. The summed E-state index contributed by atoms with van der Waals surface area (Å²) in [5.41, 5.74) is 7.03. The molecule has 2 heteroatoms. The first kappa shape index (κ1) is 20.7. The second kappa shape index (κ2) is 9.06. The van der Waals surface area contributed by atoms with Crippen LogP contribution >= 0.6 is 0 Å². The van der Waals surface area contributed by atoms with E-state index in [0.717, 1.165) is 18.8 Å². The van der Waals surface area contributed by atoms with E-state index in [4.69, 9.17) is 4.74 Å². The summed E-state index contributed by atoms with van der Waals surface area (Å²) in [5, 5.41) is 0. The minimum absolute atomic E-state index is 0.600. The fourth-order valence-electron chi connectivity index (χ4n) is 4.94. The Morgan fingerprint density at radius 1 is 0.833 bits per heavy atom. The Morgan fingerprint density at radius 2 is 1.53 bits per heavy atom. The summed E-state index contributed by atoms with van der Waals surface area (Å²) in [4.78, 5) is 2.45. The molecular weight excluding hydrogens is 366 g/mol. The molecule has 0 amide bonds. The van der Waals surface area contributed by atoms with Crippen LogP contribution in [0.4, 0.5) is 0 Å². The van der Waals surface area contributed by atoms with E-state index in [9.17, 15) is 0 Å². The largest absolute Gasteiger partial charge is 0.497 e. The molecule has 0 saturated carbocycles. The molecule has 0 aliphatic heterocycles. The first-order valence-electron chi connectivity index (χ1n) is 11.1. The highest BCUT2D eigenvalue weighted by atomic mass is 16.5. The van der Waals surface area contributed by atoms with Gasteiger partial charge in [-0.3, -0.25) is 0 Å². The van der Waals surface area contributed by atoms with Crippen LogP contribution in [0, 0.1) is 5.92 Å². The topological polar surface area (TPSA) is 12.5 Å². The van der Waals surface area contributed by atoms with Gasteiger partial charge in [0, 0.05) is 6.54 Å². The maximum atomic E-state index is 5.30. The second-order valence-corrected chi connectivity index (χ2v) is 8.84. The van der Waals surface area contributed by atoms with Gasteiger partial charge in [-0.1, -0.05) is 74.5 Å². The Hall–Kier alpha value is -2.58. The first-order valence-corrected chi connectivity index (χ1v) is 11.1. The number of hydrogen-bond donors (Lipinski definition) is 0. The van der Waals surface area contributed by atoms with E-state index in [2.05, 4.69) is 86.5 Å². The molecule has 2 nitrogen and oxygen atoms in total. The molecule has 0 bridgehead atoms. The van der Waals surface area contributed by atoms with Crippen LogP contribution in [-0.2, 0) is 6.54 Å². The third-order valence-electron chi connectivity index (χ3n) is 6.94. The van der Waals surface area contributed by atoms with Crippen LogP contribution in [0.2, 0.25) is 0 Å². The third-order valence-corrected chi connectivity index (χ3v) is 6.94. The monoisotopic (exact) mass is 399 g/mol. The molecular formula is C28H33NO. The highest BCUT2D eigenvalue weighted by Crippen LogP contribution is 2.48. The Balaban J connectivity index is 1.47. The predicted molar refractivity (Wildman–Crippen MR) is 126 cm³/mol. The lowest BCUT2D eigenvalue weighted by molar-refractivity contribution is 0.292. The van der Waals surface area contributed by atoms with Gasteiger partial charge in [-0.2, -0.15) is 0 Å². The third kappa shape index (κ3) is 4.29. The Bertz CT molecular complexity index is 964. The summed E-state index contributed by atoms with van der Waals surface area (Å²) in [5.74, 6) is 2.82. The van der Waals surface area contributed by atoms with Crippen molar-refractivity contribution < 1.29 is 4.74 Å². The van der Waals surface area contributed by atoms with Gasteiger partial charge < -0.3 is 9.64 Å². The van der Waals surface area contributed by atoms with Crippen molar-refractivity contribution in [2.75, 3.05) is 20.7 Å². The van der Waals surface area contributed by atoms with Crippen LogP contribution in [0.1, 0.15) is 48.8 Å². The van der Waals surface area contributed by atoms with Crippen molar-refractivity contribution in [2.24, 2.45) is 5.92 Å². The van der Waals surface area contributed by atoms with E-state index < -0.39 is 0 Å². The van der Waals surface area contributed by atoms with Gasteiger partial charge in [-0.25, -0.2) is 0 Å². The standard InChI is InChI=1S/C28H33NO/c1-20-21(2)28-18-24(23-10-13-25(30-4)14-11-23)12-15-27(28)26(20)16-17-29(3)19-22-8-6-5-7-9-22/h5-15,18,20-21,26H,16-17,19H2,1-4H3. The molecule has 1 aliphatic carbocycles. The molecule has 156 valence electrons. The average molecular weight is 400 g/mol.